The lowest BCUT2D eigenvalue weighted by atomic mass is 10.00. The first-order valence-corrected chi connectivity index (χ1v) is 7.01. The van der Waals surface area contributed by atoms with Crippen molar-refractivity contribution in [1.29, 1.82) is 0 Å². The molecular formula is C15H31NO2. The van der Waals surface area contributed by atoms with Crippen molar-refractivity contribution in [1.82, 2.24) is 5.32 Å². The lowest BCUT2D eigenvalue weighted by molar-refractivity contribution is -0.159. The summed E-state index contributed by atoms with van der Waals surface area (Å²) < 4.78 is 5.47. The predicted molar refractivity (Wildman–Crippen MR) is 76.5 cm³/mol. The van der Waals surface area contributed by atoms with Crippen molar-refractivity contribution in [2.45, 2.75) is 79.5 Å². The maximum atomic E-state index is 12.1. The van der Waals surface area contributed by atoms with Crippen LogP contribution in [0.15, 0.2) is 0 Å². The first-order chi connectivity index (χ1) is 8.03. The van der Waals surface area contributed by atoms with Gasteiger partial charge in [0.2, 0.25) is 0 Å². The van der Waals surface area contributed by atoms with Gasteiger partial charge in [0.05, 0.1) is 0 Å². The molecule has 0 rings (SSSR count). The van der Waals surface area contributed by atoms with Crippen molar-refractivity contribution in [2.24, 2.45) is 11.8 Å². The van der Waals surface area contributed by atoms with Gasteiger partial charge in [0.15, 0.2) is 0 Å². The van der Waals surface area contributed by atoms with E-state index in [4.69, 9.17) is 4.74 Å². The van der Waals surface area contributed by atoms with E-state index in [1.54, 1.807) is 0 Å². The average Bonchev–Trinajstić information content (AvgIpc) is 2.09. The number of carbonyl (C=O) groups excluding carboxylic acids is 1. The molecule has 0 aliphatic heterocycles. The molecule has 18 heavy (non-hydrogen) atoms. The molecule has 0 radical (unpaired) electrons. The highest BCUT2D eigenvalue weighted by atomic mass is 16.6. The number of hydrogen-bond donors (Lipinski definition) is 1. The van der Waals surface area contributed by atoms with Crippen molar-refractivity contribution in [3.8, 4) is 0 Å². The maximum Gasteiger partial charge on any atom is 0.323 e. The fourth-order valence-corrected chi connectivity index (χ4v) is 1.98. The quantitative estimate of drug-likeness (QED) is 0.741. The number of hydrogen-bond acceptors (Lipinski definition) is 3. The Morgan fingerprint density at radius 1 is 1.11 bits per heavy atom. The molecule has 0 heterocycles. The topological polar surface area (TPSA) is 38.3 Å². The third kappa shape index (κ3) is 7.70. The minimum Gasteiger partial charge on any atom is -0.459 e. The number of carbonyl (C=O) groups is 1. The van der Waals surface area contributed by atoms with E-state index in [0.717, 1.165) is 6.42 Å². The normalized spacial score (nSPS) is 15.9. The highest BCUT2D eigenvalue weighted by Crippen LogP contribution is 2.14. The minimum atomic E-state index is -0.423. The number of rotatable bonds is 6. The van der Waals surface area contributed by atoms with E-state index in [9.17, 15) is 4.79 Å². The van der Waals surface area contributed by atoms with Gasteiger partial charge in [-0.15, -0.1) is 0 Å². The fraction of sp³-hybridized carbons (Fsp3) is 0.933. The second-order valence-electron chi connectivity index (χ2n) is 6.95. The van der Waals surface area contributed by atoms with Crippen molar-refractivity contribution in [3.05, 3.63) is 0 Å². The molecule has 0 aliphatic carbocycles. The van der Waals surface area contributed by atoms with E-state index >= 15 is 0 Å². The largest absolute Gasteiger partial charge is 0.459 e. The summed E-state index contributed by atoms with van der Waals surface area (Å²) >= 11 is 0. The van der Waals surface area contributed by atoms with Gasteiger partial charge >= 0.3 is 5.97 Å². The van der Waals surface area contributed by atoms with E-state index in [1.807, 2.05) is 34.6 Å². The molecule has 3 heteroatoms. The second kappa shape index (κ2) is 7.13. The van der Waals surface area contributed by atoms with Crippen LogP contribution < -0.4 is 5.32 Å². The first-order valence-electron chi connectivity index (χ1n) is 7.01. The molecule has 1 N–H and O–H groups in total. The zero-order valence-corrected chi connectivity index (χ0v) is 13.3. The Hall–Kier alpha value is -0.570. The summed E-state index contributed by atoms with van der Waals surface area (Å²) in [6, 6.07) is 0.0999. The van der Waals surface area contributed by atoms with Crippen LogP contribution in [0.1, 0.15) is 61.8 Å². The summed E-state index contributed by atoms with van der Waals surface area (Å²) in [6.45, 7) is 16.3. The Balaban J connectivity index is 4.52. The molecule has 0 aromatic carbocycles. The molecule has 0 spiro atoms. The summed E-state index contributed by atoms with van der Waals surface area (Å²) in [5.41, 5.74) is -0.423. The third-order valence-electron chi connectivity index (χ3n) is 2.62. The fourth-order valence-electron chi connectivity index (χ4n) is 1.98. The van der Waals surface area contributed by atoms with Crippen LogP contribution in [0.2, 0.25) is 0 Å². The zero-order valence-electron chi connectivity index (χ0n) is 13.3. The highest BCUT2D eigenvalue weighted by Gasteiger charge is 2.28. The molecule has 0 bridgehead atoms. The summed E-state index contributed by atoms with van der Waals surface area (Å²) in [6.07, 6.45) is 1.06. The first kappa shape index (κ1) is 17.4. The lowest BCUT2D eigenvalue weighted by Gasteiger charge is -2.29. The van der Waals surface area contributed by atoms with Crippen LogP contribution in [0.25, 0.3) is 0 Å². The molecule has 0 saturated heterocycles. The Kier molecular flexibility index (Phi) is 6.90. The number of esters is 1. The maximum absolute atomic E-state index is 12.1. The summed E-state index contributed by atoms with van der Waals surface area (Å²) in [7, 11) is 0. The van der Waals surface area contributed by atoms with Crippen LogP contribution in [0.3, 0.4) is 0 Å². The van der Waals surface area contributed by atoms with Gasteiger partial charge in [-0.2, -0.15) is 0 Å². The van der Waals surface area contributed by atoms with Crippen LogP contribution in [-0.4, -0.2) is 23.7 Å². The van der Waals surface area contributed by atoms with Crippen molar-refractivity contribution < 1.29 is 9.53 Å². The molecule has 0 aromatic heterocycles. The standard InChI is InChI=1S/C15H31NO2/c1-10(2)9-12(5)16-13(11(3)4)14(17)18-15(6,7)8/h10-13,16H,9H2,1-8H3/t12?,13-/m1/s1. The summed E-state index contributed by atoms with van der Waals surface area (Å²) in [4.78, 5) is 12.1. The van der Waals surface area contributed by atoms with E-state index in [-0.39, 0.29) is 17.9 Å². The van der Waals surface area contributed by atoms with Gasteiger partial charge in [-0.3, -0.25) is 4.79 Å². The zero-order chi connectivity index (χ0) is 14.5. The van der Waals surface area contributed by atoms with Crippen LogP contribution in [-0.2, 0) is 9.53 Å². The van der Waals surface area contributed by atoms with Crippen LogP contribution in [0.5, 0.6) is 0 Å². The molecule has 0 fully saturated rings. The summed E-state index contributed by atoms with van der Waals surface area (Å²) in [5.74, 6) is 0.710. The van der Waals surface area contributed by atoms with E-state index in [0.29, 0.717) is 12.0 Å². The lowest BCUT2D eigenvalue weighted by Crippen LogP contribution is -2.48. The molecule has 2 atom stereocenters. The molecule has 0 aromatic rings. The number of ether oxygens (including phenoxy) is 1. The van der Waals surface area contributed by atoms with E-state index < -0.39 is 5.60 Å². The SMILES string of the molecule is CC(C)CC(C)N[C@@H](C(=O)OC(C)(C)C)C(C)C. The van der Waals surface area contributed by atoms with Gasteiger partial charge in [0, 0.05) is 6.04 Å². The highest BCUT2D eigenvalue weighted by molar-refractivity contribution is 5.76. The molecule has 0 amide bonds. The second-order valence-corrected chi connectivity index (χ2v) is 6.95. The van der Waals surface area contributed by atoms with Gasteiger partial charge < -0.3 is 10.1 Å². The Morgan fingerprint density at radius 2 is 1.61 bits per heavy atom. The molecule has 1 unspecified atom stereocenters. The van der Waals surface area contributed by atoms with E-state index in [1.165, 1.54) is 0 Å². The monoisotopic (exact) mass is 257 g/mol. The molecule has 108 valence electrons. The van der Waals surface area contributed by atoms with E-state index in [2.05, 4.69) is 26.1 Å². The van der Waals surface area contributed by atoms with Crippen molar-refractivity contribution >= 4 is 5.97 Å². The predicted octanol–water partition coefficient (Wildman–Crippen LogP) is 3.38. The third-order valence-corrected chi connectivity index (χ3v) is 2.62. The Morgan fingerprint density at radius 3 is 1.94 bits per heavy atom. The Bertz CT molecular complexity index is 254. The van der Waals surface area contributed by atoms with Gasteiger partial charge in [-0.1, -0.05) is 27.7 Å². The smallest absolute Gasteiger partial charge is 0.323 e. The Labute approximate surface area is 113 Å². The van der Waals surface area contributed by atoms with Crippen molar-refractivity contribution in [2.75, 3.05) is 0 Å². The summed E-state index contributed by atoms with van der Waals surface area (Å²) in [5, 5.41) is 3.40. The van der Waals surface area contributed by atoms with Gasteiger partial charge in [0.25, 0.3) is 0 Å². The van der Waals surface area contributed by atoms with Gasteiger partial charge in [-0.25, -0.2) is 0 Å². The average molecular weight is 257 g/mol. The van der Waals surface area contributed by atoms with Crippen LogP contribution in [0, 0.1) is 11.8 Å². The molecule has 0 saturated carbocycles. The van der Waals surface area contributed by atoms with Crippen molar-refractivity contribution in [3.63, 3.8) is 0 Å². The molecular weight excluding hydrogens is 226 g/mol. The van der Waals surface area contributed by atoms with Crippen LogP contribution in [0.4, 0.5) is 0 Å². The number of nitrogens with one attached hydrogen (secondary N) is 1. The van der Waals surface area contributed by atoms with Crippen LogP contribution >= 0.6 is 0 Å². The molecule has 3 nitrogen and oxygen atoms in total. The minimum absolute atomic E-state index is 0.145. The van der Waals surface area contributed by atoms with Gasteiger partial charge in [0.1, 0.15) is 11.6 Å². The van der Waals surface area contributed by atoms with Gasteiger partial charge in [-0.05, 0) is 46.0 Å². The molecule has 0 aliphatic rings.